The fourth-order valence-electron chi connectivity index (χ4n) is 8.11. The van der Waals surface area contributed by atoms with Crippen LogP contribution < -0.4 is 15.1 Å². The number of fused-ring (bicyclic) bond motifs is 1. The smallest absolute Gasteiger partial charge is 0.259 e. The molecule has 2 aliphatic rings. The summed E-state index contributed by atoms with van der Waals surface area (Å²) in [5.74, 6) is -1.02. The molecule has 1 N–H and O–H groups in total. The van der Waals surface area contributed by atoms with E-state index in [0.717, 1.165) is 89.6 Å². The zero-order valence-corrected chi connectivity index (χ0v) is 35.2. The Morgan fingerprint density at radius 3 is 2.47 bits per heavy atom. The van der Waals surface area contributed by atoms with E-state index in [0.29, 0.717) is 29.5 Å². The molecule has 1 saturated carbocycles. The van der Waals surface area contributed by atoms with Crippen LogP contribution in [-0.2, 0) is 18.3 Å². The van der Waals surface area contributed by atoms with E-state index in [2.05, 4.69) is 31.2 Å². The number of nitrogens with zero attached hydrogens (tertiary/aromatic N) is 8. The Morgan fingerprint density at radius 2 is 1.77 bits per heavy atom. The molecule has 2 amide bonds. The monoisotopic (exact) mass is 851 g/mol. The number of nitrogens with one attached hydrogen (secondary N) is 1. The Kier molecular flexibility index (Phi) is 11.9. The van der Waals surface area contributed by atoms with E-state index < -0.39 is 17.3 Å². The first-order valence-corrected chi connectivity index (χ1v) is 20.9. The van der Waals surface area contributed by atoms with Crippen molar-refractivity contribution < 1.29 is 14.0 Å². The van der Waals surface area contributed by atoms with Crippen molar-refractivity contribution in [1.82, 2.24) is 29.7 Å². The number of hydrogen-bond donors (Lipinski definition) is 1. The van der Waals surface area contributed by atoms with Crippen molar-refractivity contribution in [3.8, 4) is 11.1 Å². The van der Waals surface area contributed by atoms with E-state index in [-0.39, 0.29) is 16.6 Å². The molecule has 14 heteroatoms. The van der Waals surface area contributed by atoms with E-state index in [1.165, 1.54) is 36.3 Å². The van der Waals surface area contributed by atoms with Gasteiger partial charge in [0.05, 0.1) is 40.4 Å². The third-order valence-corrected chi connectivity index (χ3v) is 12.5. The highest BCUT2D eigenvalue weighted by atomic mass is 79.9. The topological polar surface area (TPSA) is 105 Å². The summed E-state index contributed by atoms with van der Waals surface area (Å²) in [4.78, 5) is 38.3. The Bertz CT molecular complexity index is 2390. The molecular weight excluding hydrogens is 806 g/mol. The van der Waals surface area contributed by atoms with Gasteiger partial charge in [-0.25, -0.2) is 18.7 Å². The highest BCUT2D eigenvalue weighted by molar-refractivity contribution is 9.10. The maximum Gasteiger partial charge on any atom is 0.259 e. The molecule has 1 saturated heterocycles. The van der Waals surface area contributed by atoms with Crippen LogP contribution >= 0.6 is 28.1 Å². The normalized spacial score (nSPS) is 15.8. The summed E-state index contributed by atoms with van der Waals surface area (Å²) in [6, 6.07) is 9.40. The number of carbonyl (C=O) groups excluding carboxylic acids is 2. The lowest BCUT2D eigenvalue weighted by molar-refractivity contribution is -0.120. The van der Waals surface area contributed by atoms with Gasteiger partial charge in [0.1, 0.15) is 11.4 Å². The molecular formula is C43H47BrFN9O2S. The molecule has 57 heavy (non-hydrogen) atoms. The molecule has 5 aromatic rings. The molecule has 3 aromatic heterocycles. The lowest BCUT2D eigenvalue weighted by atomic mass is 9.86. The van der Waals surface area contributed by atoms with Gasteiger partial charge in [-0.05, 0) is 117 Å². The maximum absolute atomic E-state index is 15.5. The summed E-state index contributed by atoms with van der Waals surface area (Å²) in [7, 11) is 1.92. The average molecular weight is 853 g/mol. The van der Waals surface area contributed by atoms with Crippen molar-refractivity contribution in [2.24, 2.45) is 7.05 Å². The number of hydrogen-bond acceptors (Lipinski definition) is 6. The van der Waals surface area contributed by atoms with Gasteiger partial charge in [0.2, 0.25) is 0 Å². The number of aromatic nitrogens is 5. The van der Waals surface area contributed by atoms with Crippen molar-refractivity contribution in [1.29, 1.82) is 0 Å². The van der Waals surface area contributed by atoms with Crippen molar-refractivity contribution in [3.05, 3.63) is 99.2 Å². The Hall–Kier alpha value is -5.00. The molecule has 0 radical (unpaired) electrons. The van der Waals surface area contributed by atoms with Crippen LogP contribution in [0.15, 0.2) is 59.5 Å². The number of anilines is 2. The Morgan fingerprint density at radius 1 is 1.04 bits per heavy atom. The second-order valence-corrected chi connectivity index (χ2v) is 16.8. The zero-order chi connectivity index (χ0) is 40.4. The predicted octanol–water partition coefficient (Wildman–Crippen LogP) is 9.78. The number of benzene rings is 2. The van der Waals surface area contributed by atoms with Crippen LogP contribution in [-0.4, -0.2) is 53.4 Å². The maximum atomic E-state index is 15.5. The third-order valence-electron chi connectivity index (χ3n) is 11.3. The Labute approximate surface area is 346 Å². The van der Waals surface area contributed by atoms with Crippen molar-refractivity contribution in [3.63, 3.8) is 0 Å². The molecule has 296 valence electrons. The van der Waals surface area contributed by atoms with Gasteiger partial charge in [-0.2, -0.15) is 10.2 Å². The summed E-state index contributed by atoms with van der Waals surface area (Å²) < 4.78 is 20.4. The highest BCUT2D eigenvalue weighted by Crippen LogP contribution is 2.40. The van der Waals surface area contributed by atoms with Crippen LogP contribution in [0.1, 0.15) is 111 Å². The number of amides is 2. The minimum atomic E-state index is -1.11. The van der Waals surface area contributed by atoms with Gasteiger partial charge < -0.3 is 10.2 Å². The molecule has 0 spiro atoms. The lowest BCUT2D eigenvalue weighted by Gasteiger charge is -2.29. The lowest BCUT2D eigenvalue weighted by Crippen LogP contribution is -2.44. The fourth-order valence-corrected chi connectivity index (χ4v) is 9.41. The van der Waals surface area contributed by atoms with Gasteiger partial charge in [-0.1, -0.05) is 44.6 Å². The summed E-state index contributed by atoms with van der Waals surface area (Å²) in [6.07, 6.45) is 17.4. The average Bonchev–Trinajstić information content (AvgIpc) is 3.86. The third kappa shape index (κ3) is 7.96. The van der Waals surface area contributed by atoms with E-state index in [9.17, 15) is 9.59 Å². The SMILES string of the molecule is [C-]#[N+]c1ccc(N2C(=O)C(C)(C)N(c3ccc(C(=O)NCCCCCCCc4c(Br)c(C5CCCCC5)nc5c(-c6cnn(C)c6)cnn45)c(F)c3)C2=S)cc1C. The van der Waals surface area contributed by atoms with Crippen LogP contribution in [0.25, 0.3) is 21.6 Å². The quantitative estimate of drug-likeness (QED) is 0.0715. The standard InChI is InChI=1S/C43H47BrFN9O2S/c1-27-22-30(18-20-35(27)46-4)52-41(56)43(2,3)53(42(52)57)31-17-19-32(34(45)23-31)40(55)47-21-13-8-6-7-12-16-36-37(44)38(28-14-10-9-11-15-28)50-39-33(25-49-54(36)39)29-24-48-51(5)26-29/h17-20,22-26,28H,6-16,21H2,1-3,5H3,(H,47,55). The minimum absolute atomic E-state index is 0.0673. The zero-order valence-electron chi connectivity index (χ0n) is 32.8. The first-order valence-electron chi connectivity index (χ1n) is 19.7. The van der Waals surface area contributed by atoms with Crippen LogP contribution in [0.2, 0.25) is 0 Å². The van der Waals surface area contributed by atoms with E-state index in [1.807, 2.05) is 30.2 Å². The van der Waals surface area contributed by atoms with E-state index >= 15 is 4.39 Å². The number of rotatable bonds is 13. The number of halogens is 2. The van der Waals surface area contributed by atoms with Gasteiger partial charge >= 0.3 is 0 Å². The summed E-state index contributed by atoms with van der Waals surface area (Å²) >= 11 is 9.71. The summed E-state index contributed by atoms with van der Waals surface area (Å²) in [5, 5.41) is 12.2. The first-order chi connectivity index (χ1) is 27.4. The fraction of sp³-hybridized carbons (Fsp3) is 0.419. The van der Waals surface area contributed by atoms with Crippen LogP contribution in [0.3, 0.4) is 0 Å². The molecule has 0 bridgehead atoms. The van der Waals surface area contributed by atoms with E-state index in [1.54, 1.807) is 54.6 Å². The van der Waals surface area contributed by atoms with Crippen LogP contribution in [0, 0.1) is 19.3 Å². The van der Waals surface area contributed by atoms with Crippen molar-refractivity contribution >= 4 is 67.8 Å². The van der Waals surface area contributed by atoms with Gasteiger partial charge in [-0.3, -0.25) is 19.2 Å². The number of carbonyl (C=O) groups is 2. The number of thiocarbonyl (C=S) groups is 1. The van der Waals surface area contributed by atoms with Crippen molar-refractivity contribution in [2.45, 2.75) is 103 Å². The van der Waals surface area contributed by atoms with Gasteiger partial charge in [0.15, 0.2) is 16.4 Å². The largest absolute Gasteiger partial charge is 0.352 e. The molecule has 0 unspecified atom stereocenters. The number of aryl methyl sites for hydroxylation is 3. The summed E-state index contributed by atoms with van der Waals surface area (Å²) in [5.41, 5.74) is 6.12. The highest BCUT2D eigenvalue weighted by Gasteiger charge is 2.50. The molecule has 1 aliphatic carbocycles. The first kappa shape index (κ1) is 40.2. The van der Waals surface area contributed by atoms with Crippen molar-refractivity contribution in [2.75, 3.05) is 16.3 Å². The Balaban J connectivity index is 0.923. The molecule has 2 aromatic carbocycles. The second kappa shape index (κ2) is 16.8. The molecule has 1 aliphatic heterocycles. The molecule has 4 heterocycles. The summed E-state index contributed by atoms with van der Waals surface area (Å²) in [6.45, 7) is 13.0. The molecule has 0 atom stereocenters. The molecule has 11 nitrogen and oxygen atoms in total. The minimum Gasteiger partial charge on any atom is -0.352 e. The van der Waals surface area contributed by atoms with Gasteiger partial charge in [0, 0.05) is 48.2 Å². The van der Waals surface area contributed by atoms with Gasteiger partial charge in [0.25, 0.3) is 11.8 Å². The second-order valence-electron chi connectivity index (χ2n) is 15.6. The number of unbranched alkanes of at least 4 members (excludes halogenated alkanes) is 4. The predicted molar refractivity (Wildman–Crippen MR) is 228 cm³/mol. The van der Waals surface area contributed by atoms with Gasteiger partial charge in [-0.15, -0.1) is 0 Å². The van der Waals surface area contributed by atoms with Crippen LogP contribution in [0.5, 0.6) is 0 Å². The molecule has 2 fully saturated rings. The molecule has 7 rings (SSSR count). The van der Waals surface area contributed by atoms with Crippen LogP contribution in [0.4, 0.5) is 21.5 Å². The van der Waals surface area contributed by atoms with E-state index in [4.69, 9.17) is 28.9 Å².